The zero-order valence-electron chi connectivity index (χ0n) is 10.4. The predicted molar refractivity (Wildman–Crippen MR) is 74.5 cm³/mol. The molecule has 19 heavy (non-hydrogen) atoms. The van der Waals surface area contributed by atoms with Crippen LogP contribution in [0.4, 0.5) is 4.79 Å². The molecule has 0 bridgehead atoms. The van der Waals surface area contributed by atoms with Gasteiger partial charge in [-0.1, -0.05) is 11.8 Å². The first-order valence-electron chi connectivity index (χ1n) is 6.07. The van der Waals surface area contributed by atoms with Gasteiger partial charge in [0.1, 0.15) is 5.54 Å². The Balaban J connectivity index is 1.83. The van der Waals surface area contributed by atoms with Crippen molar-refractivity contribution in [2.24, 2.45) is 0 Å². The van der Waals surface area contributed by atoms with Gasteiger partial charge in [0.15, 0.2) is 0 Å². The Morgan fingerprint density at radius 3 is 2.74 bits per heavy atom. The third-order valence-electron chi connectivity index (χ3n) is 3.26. The van der Waals surface area contributed by atoms with Crippen molar-refractivity contribution in [2.45, 2.75) is 18.4 Å². The molecule has 6 nitrogen and oxygen atoms in total. The highest BCUT2D eigenvalue weighted by Gasteiger charge is 2.43. The maximum absolute atomic E-state index is 11.8. The van der Waals surface area contributed by atoms with Gasteiger partial charge in [-0.3, -0.25) is 9.59 Å². The largest absolute Gasteiger partial charge is 0.479 e. The fraction of sp³-hybridized carbons (Fsp3) is 0.727. The lowest BCUT2D eigenvalue weighted by Crippen LogP contribution is -2.55. The summed E-state index contributed by atoms with van der Waals surface area (Å²) in [6.45, 7) is 1.03. The minimum absolute atomic E-state index is 0.00262. The summed E-state index contributed by atoms with van der Waals surface area (Å²) >= 11 is 2.78. The normalized spacial score (nSPS) is 26.7. The number of thioether (sulfide) groups is 2. The fourth-order valence-electron chi connectivity index (χ4n) is 2.08. The number of hydrogen-bond donors (Lipinski definition) is 2. The molecule has 0 spiro atoms. The standard InChI is InChI=1S/C11H16N2O4S2/c14-8(1-3-13-4-6-19-10(13)17)12-11(9(15)16)2-5-18-7-11/h1-7H2,(H,12,14)(H,15,16). The summed E-state index contributed by atoms with van der Waals surface area (Å²) in [6, 6.07) is 0. The SMILES string of the molecule is O=C(CCN1CCSC1=O)NC1(C(=O)O)CCSC1. The maximum Gasteiger partial charge on any atom is 0.330 e. The van der Waals surface area contributed by atoms with Crippen LogP contribution in [-0.2, 0) is 9.59 Å². The van der Waals surface area contributed by atoms with E-state index in [4.69, 9.17) is 0 Å². The molecule has 2 N–H and O–H groups in total. The van der Waals surface area contributed by atoms with E-state index in [1.165, 1.54) is 23.5 Å². The van der Waals surface area contributed by atoms with Crippen LogP contribution in [0.15, 0.2) is 0 Å². The molecule has 0 aromatic heterocycles. The van der Waals surface area contributed by atoms with Crippen molar-refractivity contribution < 1.29 is 19.5 Å². The molecule has 106 valence electrons. The van der Waals surface area contributed by atoms with Crippen LogP contribution in [-0.4, -0.2) is 63.0 Å². The Hall–Kier alpha value is -0.890. The van der Waals surface area contributed by atoms with E-state index in [0.717, 1.165) is 11.5 Å². The van der Waals surface area contributed by atoms with Gasteiger partial charge in [0.2, 0.25) is 5.91 Å². The van der Waals surface area contributed by atoms with Crippen molar-refractivity contribution in [3.63, 3.8) is 0 Å². The molecule has 0 saturated carbocycles. The Kier molecular flexibility index (Phi) is 4.62. The summed E-state index contributed by atoms with van der Waals surface area (Å²) in [6.07, 6.45) is 0.614. The van der Waals surface area contributed by atoms with E-state index in [1.807, 2.05) is 0 Å². The Morgan fingerprint density at radius 1 is 1.42 bits per heavy atom. The second kappa shape index (κ2) is 6.04. The van der Waals surface area contributed by atoms with Gasteiger partial charge >= 0.3 is 5.97 Å². The van der Waals surface area contributed by atoms with Crippen LogP contribution in [0.5, 0.6) is 0 Å². The van der Waals surface area contributed by atoms with Crippen LogP contribution >= 0.6 is 23.5 Å². The van der Waals surface area contributed by atoms with Gasteiger partial charge in [0.25, 0.3) is 5.24 Å². The van der Waals surface area contributed by atoms with Crippen LogP contribution < -0.4 is 5.32 Å². The average molecular weight is 304 g/mol. The average Bonchev–Trinajstić information content (AvgIpc) is 2.97. The number of nitrogens with one attached hydrogen (secondary N) is 1. The number of amides is 2. The molecule has 0 aliphatic carbocycles. The summed E-state index contributed by atoms with van der Waals surface area (Å²) < 4.78 is 0. The van der Waals surface area contributed by atoms with E-state index in [-0.39, 0.29) is 17.6 Å². The van der Waals surface area contributed by atoms with Crippen molar-refractivity contribution in [3.8, 4) is 0 Å². The number of rotatable bonds is 5. The lowest BCUT2D eigenvalue weighted by atomic mass is 9.99. The molecule has 2 aliphatic heterocycles. The number of nitrogens with zero attached hydrogens (tertiary/aromatic N) is 1. The number of carbonyl (C=O) groups is 3. The van der Waals surface area contributed by atoms with E-state index >= 15 is 0 Å². The lowest BCUT2D eigenvalue weighted by Gasteiger charge is -2.25. The third-order valence-corrected chi connectivity index (χ3v) is 5.35. The smallest absolute Gasteiger partial charge is 0.330 e. The van der Waals surface area contributed by atoms with Crippen LogP contribution in [0.25, 0.3) is 0 Å². The van der Waals surface area contributed by atoms with Gasteiger partial charge < -0.3 is 15.3 Å². The topological polar surface area (TPSA) is 86.7 Å². The molecule has 8 heteroatoms. The zero-order valence-corrected chi connectivity index (χ0v) is 12.0. The molecule has 2 fully saturated rings. The molecule has 0 radical (unpaired) electrons. The van der Waals surface area contributed by atoms with Crippen LogP contribution in [0.1, 0.15) is 12.8 Å². The molecule has 2 rings (SSSR count). The second-order valence-corrected chi connectivity index (χ2v) is 6.74. The number of carboxylic acid groups (broad SMARTS) is 1. The van der Waals surface area contributed by atoms with Gasteiger partial charge in [0, 0.05) is 31.0 Å². The molecular formula is C11H16N2O4S2. The summed E-state index contributed by atoms with van der Waals surface area (Å²) in [5, 5.41) is 11.9. The number of hydrogen-bond acceptors (Lipinski definition) is 5. The molecule has 0 aromatic rings. The van der Waals surface area contributed by atoms with E-state index in [2.05, 4.69) is 5.32 Å². The summed E-state index contributed by atoms with van der Waals surface area (Å²) in [5.41, 5.74) is -1.12. The third kappa shape index (κ3) is 3.36. The summed E-state index contributed by atoms with van der Waals surface area (Å²) in [4.78, 5) is 36.1. The van der Waals surface area contributed by atoms with Gasteiger partial charge in [-0.25, -0.2) is 4.79 Å². The molecular weight excluding hydrogens is 288 g/mol. The molecule has 2 heterocycles. The zero-order chi connectivity index (χ0) is 13.9. The van der Waals surface area contributed by atoms with Crippen molar-refractivity contribution in [2.75, 3.05) is 30.3 Å². The van der Waals surface area contributed by atoms with Crippen molar-refractivity contribution >= 4 is 40.6 Å². The minimum Gasteiger partial charge on any atom is -0.479 e. The van der Waals surface area contributed by atoms with Gasteiger partial charge in [-0.15, -0.1) is 0 Å². The van der Waals surface area contributed by atoms with E-state index < -0.39 is 11.5 Å². The monoisotopic (exact) mass is 304 g/mol. The summed E-state index contributed by atoms with van der Waals surface area (Å²) in [7, 11) is 0. The summed E-state index contributed by atoms with van der Waals surface area (Å²) in [5.74, 6) is 0.643. The Labute approximate surface area is 119 Å². The molecule has 2 saturated heterocycles. The van der Waals surface area contributed by atoms with Crippen molar-refractivity contribution in [3.05, 3.63) is 0 Å². The molecule has 2 amide bonds. The van der Waals surface area contributed by atoms with Gasteiger partial charge in [0.05, 0.1) is 0 Å². The van der Waals surface area contributed by atoms with Gasteiger partial charge in [-0.2, -0.15) is 11.8 Å². The van der Waals surface area contributed by atoms with Crippen LogP contribution in [0.2, 0.25) is 0 Å². The molecule has 0 aromatic carbocycles. The minimum atomic E-state index is -1.12. The molecule has 2 aliphatic rings. The van der Waals surface area contributed by atoms with Crippen LogP contribution in [0, 0.1) is 0 Å². The number of carbonyl (C=O) groups excluding carboxylic acids is 2. The first-order chi connectivity index (χ1) is 9.03. The van der Waals surface area contributed by atoms with E-state index in [9.17, 15) is 19.5 Å². The van der Waals surface area contributed by atoms with Crippen molar-refractivity contribution in [1.29, 1.82) is 0 Å². The fourth-order valence-corrected chi connectivity index (χ4v) is 4.26. The Bertz CT molecular complexity index is 396. The molecule has 1 atom stereocenters. The highest BCUT2D eigenvalue weighted by molar-refractivity contribution is 8.13. The quantitative estimate of drug-likeness (QED) is 0.774. The van der Waals surface area contributed by atoms with E-state index in [0.29, 0.717) is 25.3 Å². The first-order valence-corrected chi connectivity index (χ1v) is 8.21. The van der Waals surface area contributed by atoms with Crippen LogP contribution in [0.3, 0.4) is 0 Å². The van der Waals surface area contributed by atoms with E-state index in [1.54, 1.807) is 4.90 Å². The first kappa shape index (κ1) is 14.5. The maximum atomic E-state index is 11.8. The number of carboxylic acids is 1. The Morgan fingerprint density at radius 2 is 2.21 bits per heavy atom. The van der Waals surface area contributed by atoms with Crippen molar-refractivity contribution in [1.82, 2.24) is 10.2 Å². The second-order valence-electron chi connectivity index (χ2n) is 4.59. The lowest BCUT2D eigenvalue weighted by molar-refractivity contribution is -0.146. The van der Waals surface area contributed by atoms with Gasteiger partial charge in [-0.05, 0) is 12.2 Å². The number of aliphatic carboxylic acids is 1. The predicted octanol–water partition coefficient (Wildman–Crippen LogP) is 0.622. The highest BCUT2D eigenvalue weighted by Crippen LogP contribution is 2.28. The highest BCUT2D eigenvalue weighted by atomic mass is 32.2. The molecule has 1 unspecified atom stereocenters.